The van der Waals surface area contributed by atoms with E-state index < -0.39 is 6.10 Å². The molecule has 2 unspecified atom stereocenters. The number of aromatic nitrogens is 4. The van der Waals surface area contributed by atoms with Crippen LogP contribution < -0.4 is 15.4 Å². The molecule has 0 radical (unpaired) electrons. The van der Waals surface area contributed by atoms with Gasteiger partial charge in [0.15, 0.2) is 5.82 Å². The lowest BCUT2D eigenvalue weighted by atomic mass is 10.1. The van der Waals surface area contributed by atoms with Crippen molar-refractivity contribution < 1.29 is 14.6 Å². The molecular weight excluding hydrogens is 440 g/mol. The van der Waals surface area contributed by atoms with E-state index in [1.165, 1.54) is 0 Å². The highest BCUT2D eigenvalue weighted by atomic mass is 32.2. The zero-order valence-electron chi connectivity index (χ0n) is 19.7. The number of methoxy groups -OCH3 is 1. The van der Waals surface area contributed by atoms with Crippen molar-refractivity contribution in [2.75, 3.05) is 31.3 Å². The Kier molecular flexibility index (Phi) is 8.15. The molecule has 0 aliphatic heterocycles. The van der Waals surface area contributed by atoms with Gasteiger partial charge in [0.25, 0.3) is 0 Å². The molecule has 2 atom stereocenters. The third-order valence-corrected chi connectivity index (χ3v) is 6.51. The summed E-state index contributed by atoms with van der Waals surface area (Å²) in [5.74, 6) is 9.92. The lowest BCUT2D eigenvalue weighted by Gasteiger charge is -2.21. The van der Waals surface area contributed by atoms with Crippen LogP contribution in [0.25, 0.3) is 16.7 Å². The van der Waals surface area contributed by atoms with Crippen molar-refractivity contribution >= 4 is 50.2 Å². The average Bonchev–Trinajstić information content (AvgIpc) is 3.16. The van der Waals surface area contributed by atoms with E-state index in [4.69, 9.17) is 9.72 Å². The number of anilines is 1. The van der Waals surface area contributed by atoms with Crippen LogP contribution in [0.4, 0.5) is 5.82 Å². The molecule has 0 aliphatic rings. The molecule has 0 spiro atoms. The number of aryl methyl sites for hydroxylation is 2. The number of ether oxygens (including phenoxy) is 1. The highest BCUT2D eigenvalue weighted by molar-refractivity contribution is 7.91. The van der Waals surface area contributed by atoms with E-state index in [1.807, 2.05) is 37.3 Å². The first-order valence-electron chi connectivity index (χ1n) is 10.9. The van der Waals surface area contributed by atoms with E-state index in [-0.39, 0.29) is 21.9 Å². The molecular formula is C23H33N6O3S-. The number of rotatable bonds is 11. The maximum absolute atomic E-state index is 12.1. The van der Waals surface area contributed by atoms with Crippen LogP contribution in [0.2, 0.25) is 0 Å². The number of aliphatic hydroxyl groups excluding tert-OH is 1. The largest absolute Gasteiger partial charge is 0.494 e. The molecule has 3 aromatic rings. The summed E-state index contributed by atoms with van der Waals surface area (Å²) >= 11 is 0. The van der Waals surface area contributed by atoms with Gasteiger partial charge in [-0.3, -0.25) is 9.20 Å². The number of unbranched alkanes of at least 4 members (excludes halogenated alkanes) is 1. The molecule has 2 heterocycles. The van der Waals surface area contributed by atoms with Crippen molar-refractivity contribution in [2.45, 2.75) is 39.7 Å². The lowest BCUT2D eigenvalue weighted by molar-refractivity contribution is -0.131. The lowest BCUT2D eigenvalue weighted by Crippen LogP contribution is -2.40. The van der Waals surface area contributed by atoms with Gasteiger partial charge in [0.2, 0.25) is 11.6 Å². The van der Waals surface area contributed by atoms with Gasteiger partial charge >= 0.3 is 0 Å². The van der Waals surface area contributed by atoms with E-state index >= 15 is 0 Å². The molecule has 0 saturated carbocycles. The minimum Gasteiger partial charge on any atom is -0.494 e. The average molecular weight is 474 g/mol. The summed E-state index contributed by atoms with van der Waals surface area (Å²) in [6, 6.07) is 4.00. The van der Waals surface area contributed by atoms with Crippen LogP contribution >= 0.6 is 0 Å². The Bertz CT molecular complexity index is 1210. The first-order valence-corrected chi connectivity index (χ1v) is 12.7. The van der Waals surface area contributed by atoms with E-state index in [9.17, 15) is 9.90 Å². The molecule has 1 amide bonds. The summed E-state index contributed by atoms with van der Waals surface area (Å²) in [5, 5.41) is 24.8. The minimum absolute atomic E-state index is 0.168. The molecule has 9 nitrogen and oxygen atoms in total. The van der Waals surface area contributed by atoms with Crippen molar-refractivity contribution in [1.82, 2.24) is 24.9 Å². The summed E-state index contributed by atoms with van der Waals surface area (Å²) < 4.78 is 7.57. The molecule has 0 fully saturated rings. The number of nitrogens with one attached hydrogen (secondary N) is 2. The third-order valence-electron chi connectivity index (χ3n) is 5.51. The normalized spacial score (nSPS) is 13.4. The van der Waals surface area contributed by atoms with Gasteiger partial charge in [-0.15, -0.1) is 16.0 Å². The fourth-order valence-electron chi connectivity index (χ4n) is 3.79. The topological polar surface area (TPSA) is 114 Å². The molecule has 0 bridgehead atoms. The van der Waals surface area contributed by atoms with Gasteiger partial charge < -0.3 is 30.6 Å². The molecule has 33 heavy (non-hydrogen) atoms. The number of carbonyl (C=O) groups excluding carboxylic acids is 1. The Balaban J connectivity index is 1.61. The number of amides is 1. The van der Waals surface area contributed by atoms with Crippen molar-refractivity contribution in [1.29, 1.82) is 0 Å². The number of carbonyl (C=O) groups is 1. The Morgan fingerprint density at radius 1 is 1.24 bits per heavy atom. The van der Waals surface area contributed by atoms with Crippen LogP contribution in [0, 0.1) is 19.8 Å². The van der Waals surface area contributed by atoms with Gasteiger partial charge in [-0.1, -0.05) is 13.0 Å². The van der Waals surface area contributed by atoms with Crippen LogP contribution in [0.3, 0.4) is 0 Å². The number of hydrogen-bond donors (Lipinski definition) is 3. The fraction of sp³-hybridized carbons (Fsp3) is 0.478. The van der Waals surface area contributed by atoms with Gasteiger partial charge in [0.1, 0.15) is 23.2 Å². The van der Waals surface area contributed by atoms with Crippen LogP contribution in [-0.2, 0) is 14.9 Å². The minimum atomic E-state index is -1.04. The Morgan fingerprint density at radius 2 is 1.97 bits per heavy atom. The molecule has 3 N–H and O–H groups in total. The van der Waals surface area contributed by atoms with Crippen molar-refractivity contribution in [2.24, 2.45) is 5.92 Å². The monoisotopic (exact) mass is 473 g/mol. The summed E-state index contributed by atoms with van der Waals surface area (Å²) in [6.07, 6.45) is 0.524. The van der Waals surface area contributed by atoms with E-state index in [2.05, 4.69) is 32.6 Å². The number of hydrogen-bond acceptors (Lipinski definition) is 8. The molecule has 0 aliphatic carbocycles. The van der Waals surface area contributed by atoms with E-state index in [0.29, 0.717) is 30.3 Å². The summed E-state index contributed by atoms with van der Waals surface area (Å²) in [7, 11) is 1.34. The first-order chi connectivity index (χ1) is 15.7. The van der Waals surface area contributed by atoms with Crippen LogP contribution in [0.15, 0.2) is 12.1 Å². The van der Waals surface area contributed by atoms with Crippen molar-refractivity contribution in [3.05, 3.63) is 23.5 Å². The van der Waals surface area contributed by atoms with E-state index in [0.717, 1.165) is 41.0 Å². The second-order valence-corrected chi connectivity index (χ2v) is 9.83. The second kappa shape index (κ2) is 10.8. The highest BCUT2D eigenvalue weighted by Gasteiger charge is 2.19. The molecule has 3 rings (SSSR count). The standard InChI is InChI=1S/C23H33N6O3S/c1-14-9-10-17-18(20(14)32-4)26-21(22-28-27-16(3)29(17)22)24-11-7-8-12-25-23(31)19(30)15(2)13-33(5)6/h9-10,15,19,30H,5-8,11-13H2,1-4H3,(H,24,26)(H,25,31)/q-1. The number of nitrogens with zero attached hydrogens (tertiary/aromatic N) is 4. The maximum atomic E-state index is 12.1. The van der Waals surface area contributed by atoms with Crippen LogP contribution in [-0.4, -0.2) is 74.4 Å². The third kappa shape index (κ3) is 5.56. The zero-order valence-corrected chi connectivity index (χ0v) is 20.5. The van der Waals surface area contributed by atoms with Crippen molar-refractivity contribution in [3.63, 3.8) is 0 Å². The zero-order chi connectivity index (χ0) is 24.1. The fourth-order valence-corrected chi connectivity index (χ4v) is 4.71. The van der Waals surface area contributed by atoms with Crippen LogP contribution in [0.1, 0.15) is 31.2 Å². The molecule has 0 saturated heterocycles. The predicted octanol–water partition coefficient (Wildman–Crippen LogP) is 1.69. The second-order valence-electron chi connectivity index (χ2n) is 8.28. The Morgan fingerprint density at radius 3 is 2.67 bits per heavy atom. The first kappa shape index (κ1) is 24.8. The smallest absolute Gasteiger partial charge is 0.249 e. The SMILES string of the molecule is C=[S-](=C)CC(C)C(O)C(=O)NCCCCNc1nc2c(OC)c(C)ccc2n2c(C)nnc12. The van der Waals surface area contributed by atoms with Gasteiger partial charge in [-0.2, -0.15) is 0 Å². The summed E-state index contributed by atoms with van der Waals surface area (Å²) in [5.41, 5.74) is 3.30. The van der Waals surface area contributed by atoms with Crippen LogP contribution in [0.5, 0.6) is 5.75 Å². The quantitative estimate of drug-likeness (QED) is 0.221. The maximum Gasteiger partial charge on any atom is 0.249 e. The molecule has 1 aromatic carbocycles. The summed E-state index contributed by atoms with van der Waals surface area (Å²) in [6.45, 7) is 6.86. The Hall–Kier alpha value is -2.85. The highest BCUT2D eigenvalue weighted by Crippen LogP contribution is 2.31. The van der Waals surface area contributed by atoms with E-state index in [1.54, 1.807) is 7.11 Å². The van der Waals surface area contributed by atoms with Gasteiger partial charge in [-0.05, 0) is 44.2 Å². The number of aliphatic hydroxyl groups is 1. The number of benzene rings is 1. The van der Waals surface area contributed by atoms with Crippen molar-refractivity contribution in [3.8, 4) is 5.75 Å². The Labute approximate surface area is 196 Å². The van der Waals surface area contributed by atoms with Gasteiger partial charge in [0.05, 0.1) is 12.6 Å². The summed E-state index contributed by atoms with van der Waals surface area (Å²) in [4.78, 5) is 16.9. The molecule has 10 heteroatoms. The molecule has 2 aromatic heterocycles. The molecule has 180 valence electrons. The van der Waals surface area contributed by atoms with Gasteiger partial charge in [-0.25, -0.2) is 16.7 Å². The number of fused-ring (bicyclic) bond motifs is 3. The predicted molar refractivity (Wildman–Crippen MR) is 137 cm³/mol. The van der Waals surface area contributed by atoms with Gasteiger partial charge in [0, 0.05) is 13.1 Å².